The lowest BCUT2D eigenvalue weighted by Crippen LogP contribution is -2.37. The zero-order valence-corrected chi connectivity index (χ0v) is 9.84. The van der Waals surface area contributed by atoms with Gasteiger partial charge < -0.3 is 10.1 Å². The molecule has 2 rings (SSSR count). The topological polar surface area (TPSA) is 21.3 Å². The summed E-state index contributed by atoms with van der Waals surface area (Å²) in [4.78, 5) is 0. The van der Waals surface area contributed by atoms with Crippen LogP contribution in [-0.4, -0.2) is 25.8 Å². The van der Waals surface area contributed by atoms with E-state index in [4.69, 9.17) is 4.74 Å². The van der Waals surface area contributed by atoms with Gasteiger partial charge in [-0.1, -0.05) is 25.7 Å². The quantitative estimate of drug-likeness (QED) is 0.706. The first-order chi connectivity index (χ1) is 7.45. The Morgan fingerprint density at radius 1 is 1.07 bits per heavy atom. The van der Waals surface area contributed by atoms with Gasteiger partial charge in [-0.05, 0) is 38.1 Å². The summed E-state index contributed by atoms with van der Waals surface area (Å²) in [6, 6.07) is 0.641. The molecule has 0 spiro atoms. The van der Waals surface area contributed by atoms with Gasteiger partial charge in [-0.25, -0.2) is 0 Å². The molecule has 1 N–H and O–H groups in total. The molecule has 88 valence electrons. The van der Waals surface area contributed by atoms with Crippen LogP contribution in [0.3, 0.4) is 0 Å². The van der Waals surface area contributed by atoms with Gasteiger partial charge in [-0.3, -0.25) is 0 Å². The van der Waals surface area contributed by atoms with E-state index >= 15 is 0 Å². The molecule has 1 aliphatic carbocycles. The summed E-state index contributed by atoms with van der Waals surface area (Å²) in [5, 5.41) is 3.62. The van der Waals surface area contributed by atoms with E-state index in [0.29, 0.717) is 6.04 Å². The Morgan fingerprint density at radius 3 is 2.67 bits per heavy atom. The van der Waals surface area contributed by atoms with Crippen molar-refractivity contribution < 1.29 is 4.74 Å². The molecule has 2 fully saturated rings. The highest BCUT2D eigenvalue weighted by molar-refractivity contribution is 4.71. The molecule has 0 aromatic rings. The summed E-state index contributed by atoms with van der Waals surface area (Å²) >= 11 is 0. The first kappa shape index (κ1) is 11.4. The third kappa shape index (κ3) is 4.12. The van der Waals surface area contributed by atoms with Crippen molar-refractivity contribution in [2.45, 2.75) is 57.4 Å². The zero-order valence-electron chi connectivity index (χ0n) is 9.84. The number of nitrogens with one attached hydrogen (secondary N) is 1. The Bertz CT molecular complexity index is 160. The number of hydrogen-bond donors (Lipinski definition) is 1. The van der Waals surface area contributed by atoms with Crippen LogP contribution < -0.4 is 5.32 Å². The lowest BCUT2D eigenvalue weighted by molar-refractivity contribution is 0.0703. The second-order valence-electron chi connectivity index (χ2n) is 5.16. The maximum absolute atomic E-state index is 5.45. The molecule has 2 nitrogen and oxygen atoms in total. The monoisotopic (exact) mass is 211 g/mol. The molecule has 0 radical (unpaired) electrons. The van der Waals surface area contributed by atoms with E-state index in [0.717, 1.165) is 19.1 Å². The minimum absolute atomic E-state index is 0.641. The maximum Gasteiger partial charge on any atom is 0.0619 e. The van der Waals surface area contributed by atoms with E-state index in [2.05, 4.69) is 5.32 Å². The van der Waals surface area contributed by atoms with E-state index < -0.39 is 0 Å². The maximum atomic E-state index is 5.45. The fraction of sp³-hybridized carbons (Fsp3) is 1.00. The van der Waals surface area contributed by atoms with Crippen LogP contribution in [0.5, 0.6) is 0 Å². The molecule has 1 aliphatic heterocycles. The molecular formula is C13H25NO. The summed E-state index contributed by atoms with van der Waals surface area (Å²) < 4.78 is 5.45. The molecule has 0 amide bonds. The summed E-state index contributed by atoms with van der Waals surface area (Å²) in [6.45, 7) is 3.11. The van der Waals surface area contributed by atoms with Crippen molar-refractivity contribution >= 4 is 0 Å². The minimum atomic E-state index is 0.641. The first-order valence-corrected chi connectivity index (χ1v) is 6.76. The summed E-state index contributed by atoms with van der Waals surface area (Å²) in [5.41, 5.74) is 0. The van der Waals surface area contributed by atoms with Gasteiger partial charge in [0, 0.05) is 12.6 Å². The van der Waals surface area contributed by atoms with Crippen LogP contribution in [0.25, 0.3) is 0 Å². The van der Waals surface area contributed by atoms with Crippen LogP contribution in [0.2, 0.25) is 0 Å². The van der Waals surface area contributed by atoms with Gasteiger partial charge in [0.2, 0.25) is 0 Å². The highest BCUT2D eigenvalue weighted by Crippen LogP contribution is 2.28. The molecule has 1 heterocycles. The van der Waals surface area contributed by atoms with Crippen molar-refractivity contribution in [1.82, 2.24) is 5.32 Å². The van der Waals surface area contributed by atoms with Crippen LogP contribution in [-0.2, 0) is 4.74 Å². The molecule has 1 atom stereocenters. The van der Waals surface area contributed by atoms with E-state index in [1.165, 1.54) is 57.9 Å². The van der Waals surface area contributed by atoms with Gasteiger partial charge in [0.15, 0.2) is 0 Å². The lowest BCUT2D eigenvalue weighted by Gasteiger charge is -2.23. The number of ether oxygens (including phenoxy) is 1. The predicted octanol–water partition coefficient (Wildman–Crippen LogP) is 2.73. The fourth-order valence-electron chi connectivity index (χ4n) is 2.90. The Kier molecular flexibility index (Phi) is 4.94. The number of rotatable bonds is 5. The SMILES string of the molecule is C1CCC(CCCNC2CCCOC2)C1. The van der Waals surface area contributed by atoms with Gasteiger partial charge in [-0.15, -0.1) is 0 Å². The highest BCUT2D eigenvalue weighted by atomic mass is 16.5. The van der Waals surface area contributed by atoms with Crippen molar-refractivity contribution in [3.63, 3.8) is 0 Å². The van der Waals surface area contributed by atoms with Crippen LogP contribution in [0.4, 0.5) is 0 Å². The van der Waals surface area contributed by atoms with Crippen LogP contribution in [0.1, 0.15) is 51.4 Å². The van der Waals surface area contributed by atoms with Gasteiger partial charge in [0.1, 0.15) is 0 Å². The summed E-state index contributed by atoms with van der Waals surface area (Å²) in [6.07, 6.45) is 11.3. The highest BCUT2D eigenvalue weighted by Gasteiger charge is 2.15. The van der Waals surface area contributed by atoms with Crippen LogP contribution in [0, 0.1) is 5.92 Å². The van der Waals surface area contributed by atoms with Gasteiger partial charge in [-0.2, -0.15) is 0 Å². The van der Waals surface area contributed by atoms with E-state index in [1.54, 1.807) is 0 Å². The summed E-state index contributed by atoms with van der Waals surface area (Å²) in [5.74, 6) is 1.05. The predicted molar refractivity (Wildman–Crippen MR) is 63.0 cm³/mol. The standard InChI is InChI=1S/C13H25NO/c1-2-6-12(5-1)7-3-9-14-13-8-4-10-15-11-13/h12-14H,1-11H2. The largest absolute Gasteiger partial charge is 0.380 e. The van der Waals surface area contributed by atoms with Gasteiger partial charge >= 0.3 is 0 Å². The average molecular weight is 211 g/mol. The molecule has 1 saturated heterocycles. The van der Waals surface area contributed by atoms with Gasteiger partial charge in [0.05, 0.1) is 6.61 Å². The number of hydrogen-bond acceptors (Lipinski definition) is 2. The van der Waals surface area contributed by atoms with Crippen molar-refractivity contribution in [2.75, 3.05) is 19.8 Å². The van der Waals surface area contributed by atoms with Crippen LogP contribution in [0.15, 0.2) is 0 Å². The van der Waals surface area contributed by atoms with E-state index in [9.17, 15) is 0 Å². The third-order valence-electron chi connectivity index (χ3n) is 3.86. The average Bonchev–Trinajstić information content (AvgIpc) is 2.79. The third-order valence-corrected chi connectivity index (χ3v) is 3.86. The van der Waals surface area contributed by atoms with E-state index in [-0.39, 0.29) is 0 Å². The molecule has 1 unspecified atom stereocenters. The van der Waals surface area contributed by atoms with Crippen molar-refractivity contribution in [1.29, 1.82) is 0 Å². The Balaban J connectivity index is 1.47. The van der Waals surface area contributed by atoms with Crippen molar-refractivity contribution in [2.24, 2.45) is 5.92 Å². The Morgan fingerprint density at radius 2 is 1.93 bits per heavy atom. The second-order valence-corrected chi connectivity index (χ2v) is 5.16. The van der Waals surface area contributed by atoms with Crippen molar-refractivity contribution in [3.8, 4) is 0 Å². The molecule has 0 aromatic carbocycles. The Hall–Kier alpha value is -0.0800. The molecule has 0 bridgehead atoms. The molecule has 15 heavy (non-hydrogen) atoms. The molecule has 2 aliphatic rings. The lowest BCUT2D eigenvalue weighted by atomic mass is 10.0. The Labute approximate surface area is 93.8 Å². The van der Waals surface area contributed by atoms with Gasteiger partial charge in [0.25, 0.3) is 0 Å². The molecular weight excluding hydrogens is 186 g/mol. The fourth-order valence-corrected chi connectivity index (χ4v) is 2.90. The van der Waals surface area contributed by atoms with E-state index in [1.807, 2.05) is 0 Å². The molecule has 0 aromatic heterocycles. The molecule has 1 saturated carbocycles. The normalized spacial score (nSPS) is 28.4. The second kappa shape index (κ2) is 6.49. The zero-order chi connectivity index (χ0) is 10.3. The van der Waals surface area contributed by atoms with Crippen LogP contribution >= 0.6 is 0 Å². The molecule has 2 heteroatoms. The smallest absolute Gasteiger partial charge is 0.0619 e. The first-order valence-electron chi connectivity index (χ1n) is 6.76. The summed E-state index contributed by atoms with van der Waals surface area (Å²) in [7, 11) is 0. The van der Waals surface area contributed by atoms with Crippen molar-refractivity contribution in [3.05, 3.63) is 0 Å². The minimum Gasteiger partial charge on any atom is -0.380 e.